The molecular weight excluding hydrogens is 268 g/mol. The van der Waals surface area contributed by atoms with Gasteiger partial charge >= 0.3 is 0 Å². The molecule has 0 aliphatic rings. The molecule has 1 amide bonds. The third-order valence-electron chi connectivity index (χ3n) is 2.97. The third-order valence-corrected chi connectivity index (χ3v) is 2.97. The van der Waals surface area contributed by atoms with Gasteiger partial charge in [-0.3, -0.25) is 4.79 Å². The quantitative estimate of drug-likeness (QED) is 0.514. The van der Waals surface area contributed by atoms with Crippen molar-refractivity contribution in [3.8, 4) is 5.75 Å². The van der Waals surface area contributed by atoms with Crippen molar-refractivity contribution in [2.75, 3.05) is 32.1 Å². The van der Waals surface area contributed by atoms with Crippen molar-refractivity contribution < 1.29 is 14.3 Å². The van der Waals surface area contributed by atoms with Gasteiger partial charge < -0.3 is 20.5 Å². The van der Waals surface area contributed by atoms with Gasteiger partial charge in [0.25, 0.3) is 5.91 Å². The fourth-order valence-electron chi connectivity index (χ4n) is 1.80. The Morgan fingerprint density at radius 1 is 1.24 bits per heavy atom. The Labute approximate surface area is 126 Å². The number of nitrogens with one attached hydrogen (secondary N) is 1. The van der Waals surface area contributed by atoms with E-state index in [1.165, 1.54) is 0 Å². The Hall–Kier alpha value is -1.75. The number of unbranched alkanes of at least 4 members (excludes halogenated alkanes) is 1. The monoisotopic (exact) mass is 294 g/mol. The summed E-state index contributed by atoms with van der Waals surface area (Å²) in [5.74, 6) is 0.483. The summed E-state index contributed by atoms with van der Waals surface area (Å²) in [5, 5.41) is 2.85. The summed E-state index contributed by atoms with van der Waals surface area (Å²) in [6.45, 7) is 6.63. The van der Waals surface area contributed by atoms with Gasteiger partial charge in [-0.15, -0.1) is 0 Å². The maximum Gasteiger partial charge on any atom is 0.251 e. The molecule has 0 saturated heterocycles. The predicted octanol–water partition coefficient (Wildman–Crippen LogP) is 2.60. The molecule has 21 heavy (non-hydrogen) atoms. The van der Waals surface area contributed by atoms with Gasteiger partial charge in [0.05, 0.1) is 12.3 Å². The molecule has 3 N–H and O–H groups in total. The van der Waals surface area contributed by atoms with Crippen LogP contribution in [0.4, 0.5) is 5.69 Å². The topological polar surface area (TPSA) is 73.6 Å². The van der Waals surface area contributed by atoms with Gasteiger partial charge in [0.15, 0.2) is 0 Å². The molecule has 0 saturated carbocycles. The van der Waals surface area contributed by atoms with E-state index in [0.29, 0.717) is 36.8 Å². The van der Waals surface area contributed by atoms with E-state index in [2.05, 4.69) is 12.2 Å². The van der Waals surface area contributed by atoms with Crippen molar-refractivity contribution >= 4 is 11.6 Å². The molecule has 0 aromatic heterocycles. The van der Waals surface area contributed by atoms with E-state index in [0.717, 1.165) is 25.9 Å². The summed E-state index contributed by atoms with van der Waals surface area (Å²) < 4.78 is 10.8. The lowest BCUT2D eigenvalue weighted by atomic mass is 10.1. The molecule has 0 heterocycles. The molecule has 0 bridgehead atoms. The smallest absolute Gasteiger partial charge is 0.251 e. The second kappa shape index (κ2) is 10.0. The van der Waals surface area contributed by atoms with Crippen molar-refractivity contribution in [1.82, 2.24) is 5.32 Å². The predicted molar refractivity (Wildman–Crippen MR) is 84.7 cm³/mol. The van der Waals surface area contributed by atoms with Crippen LogP contribution >= 0.6 is 0 Å². The zero-order valence-electron chi connectivity index (χ0n) is 13.0. The van der Waals surface area contributed by atoms with E-state index in [9.17, 15) is 4.79 Å². The third kappa shape index (κ3) is 6.49. The summed E-state index contributed by atoms with van der Waals surface area (Å²) in [6.07, 6.45) is 3.02. The fraction of sp³-hybridized carbons (Fsp3) is 0.562. The van der Waals surface area contributed by atoms with Crippen LogP contribution in [0.5, 0.6) is 5.75 Å². The summed E-state index contributed by atoms with van der Waals surface area (Å²) >= 11 is 0. The van der Waals surface area contributed by atoms with E-state index in [1.54, 1.807) is 18.2 Å². The lowest BCUT2D eigenvalue weighted by Gasteiger charge is -2.09. The molecule has 5 nitrogen and oxygen atoms in total. The maximum absolute atomic E-state index is 12.0. The molecule has 0 fully saturated rings. The van der Waals surface area contributed by atoms with Gasteiger partial charge in [-0.1, -0.05) is 13.3 Å². The first-order chi connectivity index (χ1) is 10.2. The Morgan fingerprint density at radius 3 is 2.67 bits per heavy atom. The first-order valence-corrected chi connectivity index (χ1v) is 7.57. The number of hydrogen-bond acceptors (Lipinski definition) is 4. The average Bonchev–Trinajstić information content (AvgIpc) is 2.48. The van der Waals surface area contributed by atoms with Crippen molar-refractivity contribution in [3.05, 3.63) is 23.8 Å². The van der Waals surface area contributed by atoms with Crippen molar-refractivity contribution in [2.45, 2.75) is 33.1 Å². The molecule has 0 aliphatic carbocycles. The minimum atomic E-state index is -0.127. The second-order valence-corrected chi connectivity index (χ2v) is 4.76. The number of benzene rings is 1. The van der Waals surface area contributed by atoms with Gasteiger partial charge in [0, 0.05) is 25.3 Å². The van der Waals surface area contributed by atoms with Crippen LogP contribution in [0.3, 0.4) is 0 Å². The first kappa shape index (κ1) is 17.3. The SMILES string of the molecule is CCCCOCCCNC(=O)c1ccc(OCC)c(N)c1. The molecular formula is C16H26N2O3. The highest BCUT2D eigenvalue weighted by molar-refractivity contribution is 5.95. The number of nitrogen functional groups attached to an aromatic ring is 1. The number of nitrogens with two attached hydrogens (primary N) is 1. The summed E-state index contributed by atoms with van der Waals surface area (Å²) in [4.78, 5) is 12.0. The van der Waals surface area contributed by atoms with Gasteiger partial charge in [0.1, 0.15) is 5.75 Å². The van der Waals surface area contributed by atoms with Crippen LogP contribution in [0.25, 0.3) is 0 Å². The lowest BCUT2D eigenvalue weighted by Crippen LogP contribution is -2.25. The van der Waals surface area contributed by atoms with Crippen molar-refractivity contribution in [3.63, 3.8) is 0 Å². The Morgan fingerprint density at radius 2 is 2.00 bits per heavy atom. The number of rotatable bonds is 10. The first-order valence-electron chi connectivity index (χ1n) is 7.57. The van der Waals surface area contributed by atoms with Crippen LogP contribution in [0.1, 0.15) is 43.5 Å². The summed E-state index contributed by atoms with van der Waals surface area (Å²) in [7, 11) is 0. The Bertz CT molecular complexity index is 436. The average molecular weight is 294 g/mol. The van der Waals surface area contributed by atoms with Crippen molar-refractivity contribution in [1.29, 1.82) is 0 Å². The van der Waals surface area contributed by atoms with Gasteiger partial charge in [0.2, 0.25) is 0 Å². The molecule has 118 valence electrons. The fourth-order valence-corrected chi connectivity index (χ4v) is 1.80. The zero-order valence-corrected chi connectivity index (χ0v) is 13.0. The summed E-state index contributed by atoms with van der Waals surface area (Å²) in [5.41, 5.74) is 6.87. The standard InChI is InChI=1S/C16H26N2O3/c1-3-5-10-20-11-6-9-18-16(19)13-7-8-15(21-4-2)14(17)12-13/h7-8,12H,3-6,9-11,17H2,1-2H3,(H,18,19). The number of carbonyl (C=O) groups excluding carboxylic acids is 1. The van der Waals surface area contributed by atoms with Crippen LogP contribution in [0, 0.1) is 0 Å². The van der Waals surface area contributed by atoms with Gasteiger partial charge in [-0.05, 0) is 38.0 Å². The van der Waals surface area contributed by atoms with E-state index >= 15 is 0 Å². The van der Waals surface area contributed by atoms with Gasteiger partial charge in [-0.2, -0.15) is 0 Å². The van der Waals surface area contributed by atoms with Crippen LogP contribution in [0.15, 0.2) is 18.2 Å². The Kier molecular flexibility index (Phi) is 8.28. The molecule has 0 atom stereocenters. The maximum atomic E-state index is 12.0. The van der Waals surface area contributed by atoms with E-state index in [1.807, 2.05) is 6.92 Å². The number of amides is 1. The van der Waals surface area contributed by atoms with Crippen LogP contribution in [-0.4, -0.2) is 32.3 Å². The molecule has 1 aromatic carbocycles. The van der Waals surface area contributed by atoms with E-state index in [4.69, 9.17) is 15.2 Å². The molecule has 5 heteroatoms. The molecule has 0 unspecified atom stereocenters. The molecule has 1 aromatic rings. The minimum absolute atomic E-state index is 0.127. The molecule has 1 rings (SSSR count). The molecule has 0 aliphatic heterocycles. The van der Waals surface area contributed by atoms with Crippen molar-refractivity contribution in [2.24, 2.45) is 0 Å². The van der Waals surface area contributed by atoms with Crippen LogP contribution < -0.4 is 15.8 Å². The number of hydrogen-bond donors (Lipinski definition) is 2. The number of anilines is 1. The van der Waals surface area contributed by atoms with E-state index < -0.39 is 0 Å². The number of ether oxygens (including phenoxy) is 2. The highest BCUT2D eigenvalue weighted by Gasteiger charge is 2.08. The molecule has 0 radical (unpaired) electrons. The normalized spacial score (nSPS) is 10.4. The summed E-state index contributed by atoms with van der Waals surface area (Å²) in [6, 6.07) is 5.08. The van der Waals surface area contributed by atoms with Crippen LogP contribution in [0.2, 0.25) is 0 Å². The Balaban J connectivity index is 2.30. The molecule has 0 spiro atoms. The zero-order chi connectivity index (χ0) is 15.5. The van der Waals surface area contributed by atoms with Gasteiger partial charge in [-0.25, -0.2) is 0 Å². The minimum Gasteiger partial charge on any atom is -0.492 e. The largest absolute Gasteiger partial charge is 0.492 e. The van der Waals surface area contributed by atoms with E-state index in [-0.39, 0.29) is 5.91 Å². The highest BCUT2D eigenvalue weighted by Crippen LogP contribution is 2.22. The second-order valence-electron chi connectivity index (χ2n) is 4.76. The van der Waals surface area contributed by atoms with Crippen LogP contribution in [-0.2, 0) is 4.74 Å². The number of carbonyl (C=O) groups is 1. The highest BCUT2D eigenvalue weighted by atomic mass is 16.5. The lowest BCUT2D eigenvalue weighted by molar-refractivity contribution is 0.0940.